The van der Waals surface area contributed by atoms with Crippen molar-refractivity contribution in [3.05, 3.63) is 28.7 Å². The summed E-state index contributed by atoms with van der Waals surface area (Å²) in [6, 6.07) is 7.01. The Bertz CT molecular complexity index is 505. The van der Waals surface area contributed by atoms with E-state index in [-0.39, 0.29) is 6.04 Å². The first-order valence-corrected chi connectivity index (χ1v) is 8.99. The second kappa shape index (κ2) is 6.37. The van der Waals surface area contributed by atoms with Crippen LogP contribution in [0.2, 0.25) is 0 Å². The molecule has 0 N–H and O–H groups in total. The van der Waals surface area contributed by atoms with Crippen LogP contribution in [-0.4, -0.2) is 25.8 Å². The summed E-state index contributed by atoms with van der Waals surface area (Å²) < 4.78 is 27.6. The molecule has 0 aliphatic heterocycles. The number of rotatable bonds is 3. The van der Waals surface area contributed by atoms with Gasteiger partial charge in [-0.25, -0.2) is 8.42 Å². The molecule has 19 heavy (non-hydrogen) atoms. The fraction of sp³-hybridized carbons (Fsp3) is 0.571. The quantitative estimate of drug-likeness (QED) is 0.781. The van der Waals surface area contributed by atoms with Crippen LogP contribution in [0.1, 0.15) is 38.5 Å². The van der Waals surface area contributed by atoms with Crippen LogP contribution in [0.4, 0.5) is 0 Å². The van der Waals surface area contributed by atoms with Crippen LogP contribution in [0.25, 0.3) is 0 Å². The van der Waals surface area contributed by atoms with E-state index in [2.05, 4.69) is 15.9 Å². The van der Waals surface area contributed by atoms with Gasteiger partial charge in [-0.15, -0.1) is 0 Å². The molecule has 0 heterocycles. The van der Waals surface area contributed by atoms with E-state index in [0.717, 1.165) is 30.2 Å². The van der Waals surface area contributed by atoms with Crippen molar-refractivity contribution < 1.29 is 8.42 Å². The molecule has 1 fully saturated rings. The molecule has 0 spiro atoms. The minimum Gasteiger partial charge on any atom is -0.207 e. The largest absolute Gasteiger partial charge is 0.243 e. The van der Waals surface area contributed by atoms with E-state index in [9.17, 15) is 8.42 Å². The Morgan fingerprint density at radius 2 is 1.58 bits per heavy atom. The molecule has 106 valence electrons. The van der Waals surface area contributed by atoms with Gasteiger partial charge in [-0.2, -0.15) is 4.31 Å². The van der Waals surface area contributed by atoms with Crippen molar-refractivity contribution in [1.29, 1.82) is 0 Å². The lowest BCUT2D eigenvalue weighted by molar-refractivity contribution is 0.335. The summed E-state index contributed by atoms with van der Waals surface area (Å²) in [5.41, 5.74) is 0. The highest BCUT2D eigenvalue weighted by Crippen LogP contribution is 2.26. The van der Waals surface area contributed by atoms with Gasteiger partial charge in [0.1, 0.15) is 0 Å². The molecule has 0 atom stereocenters. The number of sulfonamides is 1. The number of halogens is 1. The van der Waals surface area contributed by atoms with Crippen molar-refractivity contribution in [2.75, 3.05) is 7.05 Å². The smallest absolute Gasteiger partial charge is 0.207 e. The predicted molar refractivity (Wildman–Crippen MR) is 80.6 cm³/mol. The van der Waals surface area contributed by atoms with E-state index in [1.54, 1.807) is 35.6 Å². The summed E-state index contributed by atoms with van der Waals surface area (Å²) in [6.45, 7) is 0. The number of benzene rings is 1. The van der Waals surface area contributed by atoms with Crippen LogP contribution < -0.4 is 0 Å². The molecule has 0 radical (unpaired) electrons. The average Bonchev–Trinajstić information content (AvgIpc) is 2.67. The highest BCUT2D eigenvalue weighted by Gasteiger charge is 2.28. The molecule has 1 saturated carbocycles. The van der Waals surface area contributed by atoms with E-state index in [0.29, 0.717) is 4.90 Å². The molecule has 1 aromatic rings. The van der Waals surface area contributed by atoms with Crippen molar-refractivity contribution in [3.8, 4) is 0 Å². The van der Waals surface area contributed by atoms with Gasteiger partial charge in [-0.1, -0.05) is 41.6 Å². The third-order valence-corrected chi connectivity index (χ3v) is 6.28. The first-order chi connectivity index (χ1) is 9.01. The third kappa shape index (κ3) is 3.58. The van der Waals surface area contributed by atoms with Crippen LogP contribution in [0.3, 0.4) is 0 Å². The van der Waals surface area contributed by atoms with E-state index < -0.39 is 10.0 Å². The van der Waals surface area contributed by atoms with Crippen LogP contribution in [-0.2, 0) is 10.0 Å². The van der Waals surface area contributed by atoms with Crippen LogP contribution in [0.15, 0.2) is 33.6 Å². The Morgan fingerprint density at radius 1 is 1.05 bits per heavy atom. The Labute approximate surface area is 124 Å². The van der Waals surface area contributed by atoms with E-state index >= 15 is 0 Å². The lowest BCUT2D eigenvalue weighted by atomic mass is 10.1. The number of nitrogens with zero attached hydrogens (tertiary/aromatic N) is 1. The third-order valence-electron chi connectivity index (χ3n) is 3.83. The van der Waals surface area contributed by atoms with Gasteiger partial charge in [-0.05, 0) is 37.1 Å². The number of hydrogen-bond donors (Lipinski definition) is 0. The number of hydrogen-bond acceptors (Lipinski definition) is 2. The second-order valence-electron chi connectivity index (χ2n) is 5.12. The predicted octanol–water partition coefficient (Wildman–Crippen LogP) is 3.79. The molecule has 5 heteroatoms. The Morgan fingerprint density at radius 3 is 2.11 bits per heavy atom. The molecule has 0 bridgehead atoms. The molecule has 2 rings (SSSR count). The molecule has 0 amide bonds. The lowest BCUT2D eigenvalue weighted by Crippen LogP contribution is -2.36. The van der Waals surface area contributed by atoms with E-state index in [4.69, 9.17) is 0 Å². The van der Waals surface area contributed by atoms with Gasteiger partial charge < -0.3 is 0 Å². The summed E-state index contributed by atoms with van der Waals surface area (Å²) in [5.74, 6) is 0. The van der Waals surface area contributed by atoms with Crippen molar-refractivity contribution in [2.45, 2.75) is 49.5 Å². The van der Waals surface area contributed by atoms with Gasteiger partial charge in [0.25, 0.3) is 0 Å². The molecular weight excluding hydrogens is 326 g/mol. The molecule has 1 aliphatic carbocycles. The topological polar surface area (TPSA) is 37.4 Å². The fourth-order valence-electron chi connectivity index (χ4n) is 2.59. The molecule has 1 aromatic carbocycles. The van der Waals surface area contributed by atoms with Gasteiger partial charge in [0.2, 0.25) is 10.0 Å². The summed E-state index contributed by atoms with van der Waals surface area (Å²) in [7, 11) is -1.64. The fourth-order valence-corrected chi connectivity index (χ4v) is 4.27. The van der Waals surface area contributed by atoms with Crippen LogP contribution >= 0.6 is 15.9 Å². The Balaban J connectivity index is 2.20. The zero-order valence-electron chi connectivity index (χ0n) is 11.2. The molecule has 0 saturated heterocycles. The molecular formula is C14H20BrNO2S. The zero-order chi connectivity index (χ0) is 13.9. The van der Waals surface area contributed by atoms with E-state index in [1.807, 2.05) is 0 Å². The Kier molecular flexibility index (Phi) is 5.03. The highest BCUT2D eigenvalue weighted by atomic mass is 79.9. The summed E-state index contributed by atoms with van der Waals surface area (Å²) in [5, 5.41) is 0. The van der Waals surface area contributed by atoms with Crippen LogP contribution in [0, 0.1) is 0 Å². The standard InChI is InChI=1S/C14H20BrNO2S/c1-16(13-6-4-2-3-5-7-13)19(17,18)14-10-8-12(15)9-11-14/h8-11,13H,2-7H2,1H3. The highest BCUT2D eigenvalue weighted by molar-refractivity contribution is 9.10. The van der Waals surface area contributed by atoms with Gasteiger partial charge in [0, 0.05) is 17.6 Å². The summed E-state index contributed by atoms with van der Waals surface area (Å²) >= 11 is 3.33. The Hall–Kier alpha value is -0.390. The zero-order valence-corrected chi connectivity index (χ0v) is 13.6. The first-order valence-electron chi connectivity index (χ1n) is 6.75. The van der Waals surface area contributed by atoms with Gasteiger partial charge in [0.05, 0.1) is 4.90 Å². The van der Waals surface area contributed by atoms with Crippen molar-refractivity contribution >= 4 is 26.0 Å². The molecule has 1 aliphatic rings. The van der Waals surface area contributed by atoms with Gasteiger partial charge in [0.15, 0.2) is 0 Å². The maximum Gasteiger partial charge on any atom is 0.243 e. The normalized spacial score (nSPS) is 18.5. The van der Waals surface area contributed by atoms with Crippen molar-refractivity contribution in [1.82, 2.24) is 4.31 Å². The van der Waals surface area contributed by atoms with Gasteiger partial charge >= 0.3 is 0 Å². The average molecular weight is 346 g/mol. The van der Waals surface area contributed by atoms with E-state index in [1.165, 1.54) is 12.8 Å². The monoisotopic (exact) mass is 345 g/mol. The minimum absolute atomic E-state index is 0.149. The summed E-state index contributed by atoms with van der Waals surface area (Å²) in [4.78, 5) is 0.377. The first kappa shape index (κ1) is 15.0. The SMILES string of the molecule is CN(C1CCCCCC1)S(=O)(=O)c1ccc(Br)cc1. The van der Waals surface area contributed by atoms with Gasteiger partial charge in [-0.3, -0.25) is 0 Å². The minimum atomic E-state index is -3.36. The van der Waals surface area contributed by atoms with Crippen molar-refractivity contribution in [2.24, 2.45) is 0 Å². The maximum atomic E-state index is 12.6. The molecule has 0 aromatic heterocycles. The molecule has 0 unspecified atom stereocenters. The summed E-state index contributed by atoms with van der Waals surface area (Å²) in [6.07, 6.45) is 6.67. The second-order valence-corrected chi connectivity index (χ2v) is 8.03. The van der Waals surface area contributed by atoms with Crippen LogP contribution in [0.5, 0.6) is 0 Å². The lowest BCUT2D eigenvalue weighted by Gasteiger charge is -2.26. The maximum absolute atomic E-state index is 12.6. The van der Waals surface area contributed by atoms with Crippen molar-refractivity contribution in [3.63, 3.8) is 0 Å². The molecule has 3 nitrogen and oxygen atoms in total.